The zero-order valence-corrected chi connectivity index (χ0v) is 11.3. The number of nitrogens with one attached hydrogen (secondary N) is 2. The van der Waals surface area contributed by atoms with Gasteiger partial charge in [0.05, 0.1) is 6.61 Å². The van der Waals surface area contributed by atoms with E-state index in [1.54, 1.807) is 19.3 Å². The highest BCUT2D eigenvalue weighted by atomic mass is 16.5. The molecule has 0 spiro atoms. The van der Waals surface area contributed by atoms with Crippen molar-refractivity contribution < 1.29 is 9.53 Å². The molecular formula is C15H17N3O2. The summed E-state index contributed by atoms with van der Waals surface area (Å²) < 4.78 is 5.62. The number of carbonyl (C=O) groups is 1. The molecule has 1 fully saturated rings. The van der Waals surface area contributed by atoms with Crippen LogP contribution in [-0.2, 0) is 9.53 Å². The van der Waals surface area contributed by atoms with Crippen molar-refractivity contribution in [2.24, 2.45) is 0 Å². The number of rotatable bonds is 2. The Morgan fingerprint density at radius 2 is 2.35 bits per heavy atom. The van der Waals surface area contributed by atoms with Gasteiger partial charge in [-0.2, -0.15) is 0 Å². The molecule has 1 unspecified atom stereocenters. The Labute approximate surface area is 117 Å². The third-order valence-corrected chi connectivity index (χ3v) is 3.57. The number of nitrogens with zero attached hydrogens (tertiary/aromatic N) is 1. The summed E-state index contributed by atoms with van der Waals surface area (Å²) in [5, 5.41) is 8.12. The minimum atomic E-state index is -0.826. The van der Waals surface area contributed by atoms with Crippen LogP contribution >= 0.6 is 0 Å². The highest BCUT2D eigenvalue weighted by Crippen LogP contribution is 2.24. The second kappa shape index (κ2) is 5.19. The summed E-state index contributed by atoms with van der Waals surface area (Å²) in [5.41, 5.74) is -0.0433. The van der Waals surface area contributed by atoms with Gasteiger partial charge in [0.1, 0.15) is 0 Å². The molecule has 2 N–H and O–H groups in total. The van der Waals surface area contributed by atoms with Crippen LogP contribution in [0.4, 0.5) is 5.69 Å². The number of hydrogen-bond acceptors (Lipinski definition) is 4. The van der Waals surface area contributed by atoms with Crippen LogP contribution in [0, 0.1) is 0 Å². The summed E-state index contributed by atoms with van der Waals surface area (Å²) >= 11 is 0. The number of carbonyl (C=O) groups excluding carboxylic acids is 1. The Morgan fingerprint density at radius 1 is 1.45 bits per heavy atom. The fourth-order valence-corrected chi connectivity index (χ4v) is 2.36. The van der Waals surface area contributed by atoms with E-state index in [0.29, 0.717) is 13.2 Å². The summed E-state index contributed by atoms with van der Waals surface area (Å²) in [5.74, 6) is -0.131. The van der Waals surface area contributed by atoms with Gasteiger partial charge < -0.3 is 15.4 Å². The molecule has 2 aromatic rings. The van der Waals surface area contributed by atoms with Crippen LogP contribution in [0.2, 0.25) is 0 Å². The molecule has 0 saturated carbocycles. The molecule has 5 nitrogen and oxygen atoms in total. The van der Waals surface area contributed by atoms with E-state index in [0.717, 1.165) is 23.0 Å². The number of anilines is 1. The van der Waals surface area contributed by atoms with Crippen molar-refractivity contribution >= 4 is 22.4 Å². The molecule has 1 amide bonds. The second-order valence-electron chi connectivity index (χ2n) is 5.11. The van der Waals surface area contributed by atoms with E-state index in [9.17, 15) is 4.79 Å². The molecule has 1 saturated heterocycles. The molecule has 104 valence electrons. The molecule has 2 heterocycles. The predicted molar refractivity (Wildman–Crippen MR) is 77.6 cm³/mol. The molecule has 1 aromatic carbocycles. The smallest absolute Gasteiger partial charge is 0.257 e. The third-order valence-electron chi connectivity index (χ3n) is 3.57. The van der Waals surface area contributed by atoms with Gasteiger partial charge in [-0.15, -0.1) is 0 Å². The number of benzene rings is 1. The van der Waals surface area contributed by atoms with Crippen LogP contribution in [-0.4, -0.2) is 36.2 Å². The fraction of sp³-hybridized carbons (Fsp3) is 0.333. The Kier molecular flexibility index (Phi) is 3.38. The first-order valence-corrected chi connectivity index (χ1v) is 6.68. The van der Waals surface area contributed by atoms with Crippen molar-refractivity contribution in [3.8, 4) is 0 Å². The molecule has 1 atom stereocenters. The Balaban J connectivity index is 1.87. The summed E-state index contributed by atoms with van der Waals surface area (Å²) in [7, 11) is 0. The summed E-state index contributed by atoms with van der Waals surface area (Å²) in [6, 6.07) is 7.66. The standard InChI is InChI=1S/C15H17N3O2/c1-15(10-17-7-8-20-15)14(19)18-13-4-2-3-11-9-16-6-5-12(11)13/h2-6,9,17H,7-8,10H2,1H3,(H,18,19). The van der Waals surface area contributed by atoms with Gasteiger partial charge in [-0.05, 0) is 19.1 Å². The second-order valence-corrected chi connectivity index (χ2v) is 5.11. The number of hydrogen-bond donors (Lipinski definition) is 2. The monoisotopic (exact) mass is 271 g/mol. The van der Waals surface area contributed by atoms with Crippen molar-refractivity contribution in [3.63, 3.8) is 0 Å². The maximum Gasteiger partial charge on any atom is 0.257 e. The van der Waals surface area contributed by atoms with Crippen LogP contribution in [0.3, 0.4) is 0 Å². The number of pyridine rings is 1. The molecule has 1 aliphatic rings. The van der Waals surface area contributed by atoms with E-state index < -0.39 is 5.60 Å². The fourth-order valence-electron chi connectivity index (χ4n) is 2.36. The minimum absolute atomic E-state index is 0.131. The van der Waals surface area contributed by atoms with Crippen molar-refractivity contribution in [3.05, 3.63) is 36.7 Å². The highest BCUT2D eigenvalue weighted by Gasteiger charge is 2.36. The van der Waals surface area contributed by atoms with Gasteiger partial charge in [0.2, 0.25) is 0 Å². The van der Waals surface area contributed by atoms with Gasteiger partial charge in [0.15, 0.2) is 5.60 Å². The van der Waals surface area contributed by atoms with Crippen molar-refractivity contribution in [2.45, 2.75) is 12.5 Å². The van der Waals surface area contributed by atoms with E-state index in [2.05, 4.69) is 15.6 Å². The van der Waals surface area contributed by atoms with Crippen molar-refractivity contribution in [1.29, 1.82) is 0 Å². The van der Waals surface area contributed by atoms with Crippen LogP contribution < -0.4 is 10.6 Å². The first-order chi connectivity index (χ1) is 9.69. The Morgan fingerprint density at radius 3 is 3.15 bits per heavy atom. The van der Waals surface area contributed by atoms with Crippen LogP contribution in [0.5, 0.6) is 0 Å². The Bertz CT molecular complexity index is 631. The van der Waals surface area contributed by atoms with Crippen molar-refractivity contribution in [2.75, 3.05) is 25.0 Å². The lowest BCUT2D eigenvalue weighted by Crippen LogP contribution is -2.55. The normalized spacial score (nSPS) is 22.6. The van der Waals surface area contributed by atoms with Crippen LogP contribution in [0.15, 0.2) is 36.7 Å². The first-order valence-electron chi connectivity index (χ1n) is 6.68. The SMILES string of the molecule is CC1(C(=O)Nc2cccc3cnccc23)CNCCO1. The molecule has 1 aromatic heterocycles. The van der Waals surface area contributed by atoms with Gasteiger partial charge in [-0.1, -0.05) is 12.1 Å². The lowest BCUT2D eigenvalue weighted by molar-refractivity contribution is -0.142. The van der Waals surface area contributed by atoms with E-state index >= 15 is 0 Å². The Hall–Kier alpha value is -1.98. The molecule has 0 bridgehead atoms. The number of aromatic nitrogens is 1. The van der Waals surface area contributed by atoms with Gasteiger partial charge in [0.25, 0.3) is 5.91 Å². The van der Waals surface area contributed by atoms with Gasteiger partial charge in [0, 0.05) is 41.9 Å². The lowest BCUT2D eigenvalue weighted by atomic mass is 10.0. The van der Waals surface area contributed by atoms with Gasteiger partial charge in [-0.25, -0.2) is 0 Å². The van der Waals surface area contributed by atoms with Crippen LogP contribution in [0.25, 0.3) is 10.8 Å². The third kappa shape index (κ3) is 2.37. The first kappa shape index (κ1) is 13.0. The molecule has 5 heteroatoms. The minimum Gasteiger partial charge on any atom is -0.363 e. The zero-order chi connectivity index (χ0) is 14.0. The van der Waals surface area contributed by atoms with Gasteiger partial charge >= 0.3 is 0 Å². The zero-order valence-electron chi connectivity index (χ0n) is 11.3. The summed E-state index contributed by atoms with van der Waals surface area (Å²) in [6.45, 7) is 3.65. The van der Waals surface area contributed by atoms with Crippen LogP contribution in [0.1, 0.15) is 6.92 Å². The predicted octanol–water partition coefficient (Wildman–Crippen LogP) is 1.55. The average molecular weight is 271 g/mol. The van der Waals surface area contributed by atoms with E-state index in [1.165, 1.54) is 0 Å². The maximum absolute atomic E-state index is 12.4. The van der Waals surface area contributed by atoms with E-state index in [4.69, 9.17) is 4.74 Å². The molecule has 3 rings (SSSR count). The number of morpholine rings is 1. The summed E-state index contributed by atoms with van der Waals surface area (Å²) in [6.07, 6.45) is 3.50. The van der Waals surface area contributed by atoms with Gasteiger partial charge in [-0.3, -0.25) is 9.78 Å². The lowest BCUT2D eigenvalue weighted by Gasteiger charge is -2.33. The number of fused-ring (bicyclic) bond motifs is 1. The average Bonchev–Trinajstić information content (AvgIpc) is 2.48. The van der Waals surface area contributed by atoms with Crippen molar-refractivity contribution in [1.82, 2.24) is 10.3 Å². The number of ether oxygens (including phenoxy) is 1. The molecule has 20 heavy (non-hydrogen) atoms. The van der Waals surface area contributed by atoms with E-state index in [1.807, 2.05) is 24.3 Å². The number of amides is 1. The quantitative estimate of drug-likeness (QED) is 0.870. The van der Waals surface area contributed by atoms with E-state index in [-0.39, 0.29) is 5.91 Å². The largest absolute Gasteiger partial charge is 0.363 e. The maximum atomic E-state index is 12.4. The molecule has 1 aliphatic heterocycles. The topological polar surface area (TPSA) is 63.2 Å². The molecule has 0 radical (unpaired) electrons. The summed E-state index contributed by atoms with van der Waals surface area (Å²) in [4.78, 5) is 16.5. The molecular weight excluding hydrogens is 254 g/mol. The molecule has 0 aliphatic carbocycles. The highest BCUT2D eigenvalue weighted by molar-refractivity contribution is 6.04.